The maximum Gasteiger partial charge on any atom is 0.159 e. The Kier molecular flexibility index (Phi) is 3.09. The summed E-state index contributed by atoms with van der Waals surface area (Å²) in [4.78, 5) is 4.50. The zero-order chi connectivity index (χ0) is 12.5. The van der Waals surface area contributed by atoms with E-state index in [1.165, 1.54) is 17.4 Å². The maximum absolute atomic E-state index is 13.2. The first-order valence-corrected chi connectivity index (χ1v) is 6.76. The molecule has 2 nitrogen and oxygen atoms in total. The van der Waals surface area contributed by atoms with Gasteiger partial charge in [-0.1, -0.05) is 0 Å². The van der Waals surface area contributed by atoms with E-state index in [-0.39, 0.29) is 0 Å². The monoisotopic (exact) mass is 266 g/mol. The minimum absolute atomic E-state index is 0.306. The van der Waals surface area contributed by atoms with Crippen LogP contribution in [0, 0.1) is 11.6 Å². The minimum Gasteiger partial charge on any atom is -0.309 e. The molecule has 1 aromatic heterocycles. The van der Waals surface area contributed by atoms with Crippen molar-refractivity contribution in [2.24, 2.45) is 0 Å². The number of rotatable bonds is 2. The van der Waals surface area contributed by atoms with E-state index in [4.69, 9.17) is 0 Å². The van der Waals surface area contributed by atoms with Gasteiger partial charge in [0.25, 0.3) is 0 Å². The van der Waals surface area contributed by atoms with Crippen molar-refractivity contribution in [3.05, 3.63) is 40.9 Å². The van der Waals surface area contributed by atoms with Gasteiger partial charge in [-0.05, 0) is 37.6 Å². The summed E-state index contributed by atoms with van der Waals surface area (Å²) in [5, 5.41) is 6.09. The molecule has 1 N–H and O–H groups in total. The molecule has 0 bridgehead atoms. The van der Waals surface area contributed by atoms with E-state index in [1.807, 2.05) is 5.38 Å². The Morgan fingerprint density at radius 2 is 2.17 bits per heavy atom. The molecule has 1 aromatic carbocycles. The minimum atomic E-state index is -0.830. The molecule has 2 aromatic rings. The second kappa shape index (κ2) is 4.74. The second-order valence-electron chi connectivity index (χ2n) is 4.36. The first-order valence-electron chi connectivity index (χ1n) is 5.88. The molecule has 1 atom stereocenters. The van der Waals surface area contributed by atoms with Crippen LogP contribution in [0.15, 0.2) is 23.6 Å². The number of halogens is 2. The zero-order valence-corrected chi connectivity index (χ0v) is 10.4. The summed E-state index contributed by atoms with van der Waals surface area (Å²) in [6, 6.07) is 4.20. The standard InChI is InChI=1S/C13H12F2N2S/c14-9-4-3-8(6-10(9)15)13-17-12(7-18-13)11-2-1-5-16-11/h3-4,6-7,11,16H,1-2,5H2. The number of benzene rings is 1. The molecule has 2 heterocycles. The SMILES string of the molecule is Fc1ccc(-c2nc(C3CCCN3)cs2)cc1F. The number of nitrogens with zero attached hydrogens (tertiary/aromatic N) is 1. The highest BCUT2D eigenvalue weighted by Gasteiger charge is 2.19. The van der Waals surface area contributed by atoms with Gasteiger partial charge in [0.05, 0.1) is 11.7 Å². The topological polar surface area (TPSA) is 24.9 Å². The highest BCUT2D eigenvalue weighted by Crippen LogP contribution is 2.30. The molecular formula is C13H12F2N2S. The van der Waals surface area contributed by atoms with Crippen LogP contribution in [0.25, 0.3) is 10.6 Å². The van der Waals surface area contributed by atoms with Gasteiger partial charge < -0.3 is 5.32 Å². The highest BCUT2D eigenvalue weighted by atomic mass is 32.1. The Balaban J connectivity index is 1.89. The van der Waals surface area contributed by atoms with Gasteiger partial charge >= 0.3 is 0 Å². The lowest BCUT2D eigenvalue weighted by Crippen LogP contribution is -2.12. The van der Waals surface area contributed by atoms with Crippen LogP contribution in [0.4, 0.5) is 8.78 Å². The fourth-order valence-corrected chi connectivity index (χ4v) is 3.02. The second-order valence-corrected chi connectivity index (χ2v) is 5.21. The molecule has 0 radical (unpaired) electrons. The van der Waals surface area contributed by atoms with Gasteiger partial charge in [0.15, 0.2) is 11.6 Å². The molecule has 0 spiro atoms. The lowest BCUT2D eigenvalue weighted by molar-refractivity contribution is 0.509. The van der Waals surface area contributed by atoms with Crippen molar-refractivity contribution in [1.29, 1.82) is 0 Å². The van der Waals surface area contributed by atoms with Crippen LogP contribution >= 0.6 is 11.3 Å². The van der Waals surface area contributed by atoms with E-state index in [0.29, 0.717) is 11.6 Å². The molecule has 1 saturated heterocycles. The summed E-state index contributed by atoms with van der Waals surface area (Å²) in [6.07, 6.45) is 2.24. The Morgan fingerprint density at radius 1 is 1.28 bits per heavy atom. The molecular weight excluding hydrogens is 254 g/mol. The maximum atomic E-state index is 13.2. The molecule has 0 saturated carbocycles. The average Bonchev–Trinajstić information content (AvgIpc) is 3.01. The fourth-order valence-electron chi connectivity index (χ4n) is 2.14. The van der Waals surface area contributed by atoms with Crippen molar-refractivity contribution in [2.75, 3.05) is 6.54 Å². The largest absolute Gasteiger partial charge is 0.309 e. The summed E-state index contributed by atoms with van der Waals surface area (Å²) in [7, 11) is 0. The normalized spacial score (nSPS) is 19.3. The van der Waals surface area contributed by atoms with Crippen molar-refractivity contribution in [3.8, 4) is 10.6 Å². The molecule has 0 amide bonds. The highest BCUT2D eigenvalue weighted by molar-refractivity contribution is 7.13. The summed E-state index contributed by atoms with van der Waals surface area (Å²) in [6.45, 7) is 1.02. The third kappa shape index (κ3) is 2.15. The van der Waals surface area contributed by atoms with Crippen molar-refractivity contribution in [1.82, 2.24) is 10.3 Å². The molecule has 1 fully saturated rings. The number of aromatic nitrogens is 1. The van der Waals surface area contributed by atoms with Crippen molar-refractivity contribution < 1.29 is 8.78 Å². The lowest BCUT2D eigenvalue weighted by atomic mass is 10.2. The number of hydrogen-bond acceptors (Lipinski definition) is 3. The quantitative estimate of drug-likeness (QED) is 0.899. The molecule has 1 aliphatic heterocycles. The van der Waals surface area contributed by atoms with Crippen LogP contribution in [0.3, 0.4) is 0 Å². The molecule has 0 aliphatic carbocycles. The lowest BCUT2D eigenvalue weighted by Gasteiger charge is -2.05. The molecule has 1 unspecified atom stereocenters. The van der Waals surface area contributed by atoms with E-state index in [2.05, 4.69) is 10.3 Å². The summed E-state index contributed by atoms with van der Waals surface area (Å²) in [5.41, 5.74) is 1.63. The smallest absolute Gasteiger partial charge is 0.159 e. The predicted octanol–water partition coefficient (Wildman–Crippen LogP) is 3.51. The van der Waals surface area contributed by atoms with Crippen LogP contribution in [-0.4, -0.2) is 11.5 Å². The molecule has 18 heavy (non-hydrogen) atoms. The van der Waals surface area contributed by atoms with Crippen molar-refractivity contribution in [3.63, 3.8) is 0 Å². The van der Waals surface area contributed by atoms with Gasteiger partial charge in [-0.3, -0.25) is 0 Å². The Morgan fingerprint density at radius 3 is 2.89 bits per heavy atom. The van der Waals surface area contributed by atoms with Gasteiger partial charge in [0.2, 0.25) is 0 Å². The molecule has 5 heteroatoms. The van der Waals surface area contributed by atoms with Crippen LogP contribution < -0.4 is 5.32 Å². The van der Waals surface area contributed by atoms with Crippen molar-refractivity contribution >= 4 is 11.3 Å². The third-order valence-corrected chi connectivity index (χ3v) is 4.02. The zero-order valence-electron chi connectivity index (χ0n) is 9.62. The van der Waals surface area contributed by atoms with Crippen LogP contribution in [0.1, 0.15) is 24.6 Å². The first kappa shape index (κ1) is 11.7. The average molecular weight is 266 g/mol. The van der Waals surface area contributed by atoms with E-state index in [0.717, 1.165) is 36.2 Å². The number of thiazole rings is 1. The van der Waals surface area contributed by atoms with Crippen LogP contribution in [0.5, 0.6) is 0 Å². The Hall–Kier alpha value is -1.33. The molecule has 3 rings (SSSR count). The van der Waals surface area contributed by atoms with E-state index >= 15 is 0 Å². The van der Waals surface area contributed by atoms with Crippen LogP contribution in [0.2, 0.25) is 0 Å². The first-order chi connectivity index (χ1) is 8.74. The summed E-state index contributed by atoms with van der Waals surface area (Å²) >= 11 is 1.46. The van der Waals surface area contributed by atoms with E-state index in [1.54, 1.807) is 6.07 Å². The fraction of sp³-hybridized carbons (Fsp3) is 0.308. The third-order valence-electron chi connectivity index (χ3n) is 3.11. The predicted molar refractivity (Wildman–Crippen MR) is 67.4 cm³/mol. The number of nitrogens with one attached hydrogen (secondary N) is 1. The van der Waals surface area contributed by atoms with Gasteiger partial charge in [-0.2, -0.15) is 0 Å². The Bertz CT molecular complexity index is 562. The van der Waals surface area contributed by atoms with Gasteiger partial charge in [-0.15, -0.1) is 11.3 Å². The molecule has 94 valence electrons. The van der Waals surface area contributed by atoms with Crippen molar-refractivity contribution in [2.45, 2.75) is 18.9 Å². The van der Waals surface area contributed by atoms with E-state index < -0.39 is 11.6 Å². The van der Waals surface area contributed by atoms with Crippen LogP contribution in [-0.2, 0) is 0 Å². The van der Waals surface area contributed by atoms with Gasteiger partial charge in [0.1, 0.15) is 5.01 Å². The number of hydrogen-bond donors (Lipinski definition) is 1. The Labute approximate surface area is 108 Å². The van der Waals surface area contributed by atoms with Gasteiger partial charge in [0, 0.05) is 10.9 Å². The van der Waals surface area contributed by atoms with Gasteiger partial charge in [-0.25, -0.2) is 13.8 Å². The van der Waals surface area contributed by atoms with E-state index in [9.17, 15) is 8.78 Å². The summed E-state index contributed by atoms with van der Waals surface area (Å²) in [5.74, 6) is -1.66. The molecule has 1 aliphatic rings. The summed E-state index contributed by atoms with van der Waals surface area (Å²) < 4.78 is 26.0.